The highest BCUT2D eigenvalue weighted by Gasteiger charge is 2.55. The number of benzene rings is 1. The van der Waals surface area contributed by atoms with Gasteiger partial charge in [0.15, 0.2) is 0 Å². The zero-order chi connectivity index (χ0) is 25.4. The third-order valence-corrected chi connectivity index (χ3v) is 9.08. The van der Waals surface area contributed by atoms with E-state index in [9.17, 15) is 9.59 Å². The van der Waals surface area contributed by atoms with Crippen LogP contribution >= 0.6 is 0 Å². The van der Waals surface area contributed by atoms with Gasteiger partial charge in [-0.15, -0.1) is 0 Å². The molecular weight excluding hydrogens is 466 g/mol. The Kier molecular flexibility index (Phi) is 6.73. The number of hydrogen-bond acceptors (Lipinski definition) is 6. The van der Waals surface area contributed by atoms with Gasteiger partial charge in [-0.05, 0) is 48.9 Å². The van der Waals surface area contributed by atoms with E-state index in [1.165, 1.54) is 18.4 Å². The van der Waals surface area contributed by atoms with E-state index in [1.54, 1.807) is 13.1 Å². The Morgan fingerprint density at radius 1 is 1.08 bits per heavy atom. The smallest absolute Gasteiger partial charge is 0.241 e. The standard InChI is InChI=1S/C29H37N5O3/c1-19(35)31-25-21-9-2-4-11-23(21)29(27(25)37-18-20-8-6-7-15-30-20)13-16-34(17-14-29)28(36)26-22-10-3-5-12-24(22)32-33-26/h2,4,6-9,11,15,22,24-27,32-33H,3,5,10,12-14,16-18H2,1H3,(H,31,35)/t22?,24?,25-,26?,27+/m0/s1. The number of nitrogens with one attached hydrogen (secondary N) is 3. The fraction of sp³-hybridized carbons (Fsp3) is 0.552. The fourth-order valence-electron chi connectivity index (χ4n) is 7.31. The summed E-state index contributed by atoms with van der Waals surface area (Å²) in [7, 11) is 0. The minimum Gasteiger partial charge on any atom is -0.368 e. The predicted molar refractivity (Wildman–Crippen MR) is 139 cm³/mol. The van der Waals surface area contributed by atoms with Gasteiger partial charge in [-0.3, -0.25) is 20.0 Å². The molecule has 1 saturated carbocycles. The zero-order valence-corrected chi connectivity index (χ0v) is 21.5. The molecule has 5 atom stereocenters. The molecule has 2 amide bonds. The highest BCUT2D eigenvalue weighted by atomic mass is 16.5. The average molecular weight is 504 g/mol. The molecule has 4 aliphatic rings. The topological polar surface area (TPSA) is 95.6 Å². The molecule has 196 valence electrons. The van der Waals surface area contributed by atoms with Gasteiger partial charge in [0.05, 0.1) is 24.4 Å². The molecule has 0 bridgehead atoms. The molecule has 1 spiro atoms. The first-order chi connectivity index (χ1) is 18.1. The van der Waals surface area contributed by atoms with Gasteiger partial charge in [0.25, 0.3) is 0 Å². The molecule has 2 aromatic rings. The number of rotatable bonds is 5. The molecule has 1 aromatic carbocycles. The van der Waals surface area contributed by atoms with E-state index in [0.29, 0.717) is 31.7 Å². The summed E-state index contributed by atoms with van der Waals surface area (Å²) >= 11 is 0. The summed E-state index contributed by atoms with van der Waals surface area (Å²) in [4.78, 5) is 32.4. The first-order valence-electron chi connectivity index (χ1n) is 13.7. The van der Waals surface area contributed by atoms with Gasteiger partial charge >= 0.3 is 0 Å². The van der Waals surface area contributed by atoms with Gasteiger partial charge in [-0.25, -0.2) is 5.43 Å². The second-order valence-corrected chi connectivity index (χ2v) is 11.1. The Morgan fingerprint density at radius 3 is 2.65 bits per heavy atom. The van der Waals surface area contributed by atoms with Crippen molar-refractivity contribution in [2.45, 2.75) is 81.7 Å². The molecule has 1 aromatic heterocycles. The Morgan fingerprint density at radius 2 is 1.86 bits per heavy atom. The van der Waals surface area contributed by atoms with E-state index in [-0.39, 0.29) is 35.4 Å². The molecule has 2 aliphatic heterocycles. The molecule has 2 saturated heterocycles. The van der Waals surface area contributed by atoms with Crippen molar-refractivity contribution >= 4 is 11.8 Å². The van der Waals surface area contributed by atoms with Gasteiger partial charge < -0.3 is 15.0 Å². The molecule has 8 heteroatoms. The van der Waals surface area contributed by atoms with Gasteiger partial charge in [-0.2, -0.15) is 0 Å². The average Bonchev–Trinajstić information content (AvgIpc) is 3.46. The van der Waals surface area contributed by atoms with Crippen molar-refractivity contribution in [2.24, 2.45) is 5.92 Å². The number of ether oxygens (including phenoxy) is 1. The van der Waals surface area contributed by atoms with Crippen molar-refractivity contribution < 1.29 is 14.3 Å². The molecule has 3 heterocycles. The van der Waals surface area contributed by atoms with Crippen LogP contribution in [-0.2, 0) is 26.3 Å². The molecule has 6 rings (SSSR count). The maximum Gasteiger partial charge on any atom is 0.241 e. The number of amides is 2. The van der Waals surface area contributed by atoms with Gasteiger partial charge in [-0.1, -0.05) is 43.2 Å². The maximum absolute atomic E-state index is 13.6. The van der Waals surface area contributed by atoms with Crippen LogP contribution in [0.3, 0.4) is 0 Å². The number of hydrogen-bond donors (Lipinski definition) is 3. The van der Waals surface area contributed by atoms with Gasteiger partial charge in [0.1, 0.15) is 6.04 Å². The van der Waals surface area contributed by atoms with Crippen molar-refractivity contribution in [1.82, 2.24) is 26.1 Å². The van der Waals surface area contributed by atoms with Gasteiger partial charge in [0.2, 0.25) is 11.8 Å². The predicted octanol–water partition coefficient (Wildman–Crippen LogP) is 2.75. The van der Waals surface area contributed by atoms with E-state index in [4.69, 9.17) is 4.74 Å². The van der Waals surface area contributed by atoms with E-state index in [1.807, 2.05) is 29.2 Å². The van der Waals surface area contributed by atoms with E-state index >= 15 is 0 Å². The molecule has 8 nitrogen and oxygen atoms in total. The third-order valence-electron chi connectivity index (χ3n) is 9.08. The number of aromatic nitrogens is 1. The molecule has 37 heavy (non-hydrogen) atoms. The summed E-state index contributed by atoms with van der Waals surface area (Å²) in [6, 6.07) is 14.2. The summed E-state index contributed by atoms with van der Waals surface area (Å²) < 4.78 is 6.64. The minimum atomic E-state index is -0.274. The van der Waals surface area contributed by atoms with Crippen LogP contribution in [-0.4, -0.2) is 53.0 Å². The first-order valence-corrected chi connectivity index (χ1v) is 13.7. The second-order valence-electron chi connectivity index (χ2n) is 11.1. The van der Waals surface area contributed by atoms with Crippen LogP contribution in [0.1, 0.15) is 68.3 Å². The molecule has 2 aliphatic carbocycles. The molecule has 3 unspecified atom stereocenters. The lowest BCUT2D eigenvalue weighted by molar-refractivity contribution is -0.137. The van der Waals surface area contributed by atoms with Crippen molar-refractivity contribution in [3.8, 4) is 0 Å². The number of piperidine rings is 1. The lowest BCUT2D eigenvalue weighted by Gasteiger charge is -2.45. The number of carbonyl (C=O) groups is 2. The molecule has 0 radical (unpaired) electrons. The molecule has 3 fully saturated rings. The van der Waals surface area contributed by atoms with Crippen LogP contribution in [0.2, 0.25) is 0 Å². The van der Waals surface area contributed by atoms with Crippen LogP contribution < -0.4 is 16.2 Å². The summed E-state index contributed by atoms with van der Waals surface area (Å²) in [5.74, 6) is 0.521. The van der Waals surface area contributed by atoms with Crippen molar-refractivity contribution in [2.75, 3.05) is 13.1 Å². The number of fused-ring (bicyclic) bond motifs is 3. The number of carbonyl (C=O) groups excluding carboxylic acids is 2. The minimum absolute atomic E-state index is 0.0715. The van der Waals surface area contributed by atoms with Crippen molar-refractivity contribution in [1.29, 1.82) is 0 Å². The monoisotopic (exact) mass is 503 g/mol. The number of nitrogens with zero attached hydrogens (tertiary/aromatic N) is 2. The van der Waals surface area contributed by atoms with Crippen LogP contribution in [0.15, 0.2) is 48.7 Å². The van der Waals surface area contributed by atoms with Crippen LogP contribution in [0.5, 0.6) is 0 Å². The van der Waals surface area contributed by atoms with Crippen LogP contribution in [0.4, 0.5) is 0 Å². The van der Waals surface area contributed by atoms with E-state index < -0.39 is 0 Å². The van der Waals surface area contributed by atoms with Crippen LogP contribution in [0, 0.1) is 5.92 Å². The highest BCUT2D eigenvalue weighted by Crippen LogP contribution is 2.52. The van der Waals surface area contributed by atoms with E-state index in [0.717, 1.165) is 36.9 Å². The van der Waals surface area contributed by atoms with E-state index in [2.05, 4.69) is 39.4 Å². The Labute approximate surface area is 218 Å². The highest BCUT2D eigenvalue weighted by molar-refractivity contribution is 5.83. The summed E-state index contributed by atoms with van der Waals surface area (Å²) in [5.41, 5.74) is 9.67. The number of pyridine rings is 1. The number of likely N-dealkylation sites (tertiary alicyclic amines) is 1. The lowest BCUT2D eigenvalue weighted by Crippen LogP contribution is -2.55. The first kappa shape index (κ1) is 24.5. The maximum atomic E-state index is 13.6. The number of hydrazine groups is 1. The quantitative estimate of drug-likeness (QED) is 0.581. The lowest BCUT2D eigenvalue weighted by atomic mass is 9.71. The van der Waals surface area contributed by atoms with Crippen molar-refractivity contribution in [3.05, 3.63) is 65.5 Å². The SMILES string of the molecule is CC(=O)N[C@H]1c2ccccc2C2(CCN(C(=O)C3NNC4CCCCC43)CC2)[C@@H]1OCc1ccccn1. The molecule has 3 N–H and O–H groups in total. The third kappa shape index (κ3) is 4.45. The Balaban J connectivity index is 1.24. The largest absolute Gasteiger partial charge is 0.368 e. The van der Waals surface area contributed by atoms with Gasteiger partial charge in [0, 0.05) is 43.6 Å². The Hall–Kier alpha value is -2.81. The van der Waals surface area contributed by atoms with Crippen molar-refractivity contribution in [3.63, 3.8) is 0 Å². The normalized spacial score (nSPS) is 30.1. The molecular formula is C29H37N5O3. The summed E-state index contributed by atoms with van der Waals surface area (Å²) in [6.07, 6.45) is 7.82. The van der Waals surface area contributed by atoms with Crippen LogP contribution in [0.25, 0.3) is 0 Å². The summed E-state index contributed by atoms with van der Waals surface area (Å²) in [6.45, 7) is 3.30. The summed E-state index contributed by atoms with van der Waals surface area (Å²) in [5, 5.41) is 3.18. The second kappa shape index (κ2) is 10.2. The Bertz CT molecular complexity index is 1130. The fourth-order valence-corrected chi connectivity index (χ4v) is 7.31. The zero-order valence-electron chi connectivity index (χ0n) is 21.5.